The second-order valence-corrected chi connectivity index (χ2v) is 9.06. The van der Waals surface area contributed by atoms with Gasteiger partial charge in [-0.3, -0.25) is 9.59 Å². The molecule has 0 radical (unpaired) electrons. The fourth-order valence-corrected chi connectivity index (χ4v) is 4.04. The lowest BCUT2D eigenvalue weighted by Gasteiger charge is -2.30. The lowest BCUT2D eigenvalue weighted by molar-refractivity contribution is -0.149. The Kier molecular flexibility index (Phi) is 8.89. The Hall–Kier alpha value is -3.36. The molecule has 2 atom stereocenters. The van der Waals surface area contributed by atoms with E-state index in [1.165, 1.54) is 20.3 Å². The monoisotopic (exact) mass is 500 g/mol. The molecular weight excluding hydrogens is 472 g/mol. The Labute approximate surface area is 209 Å². The Bertz CT molecular complexity index is 1150. The number of hydrogen-bond acceptors (Lipinski definition) is 6. The summed E-state index contributed by atoms with van der Waals surface area (Å²) < 4.78 is 15.1. The number of nitrogens with zero attached hydrogens (tertiary/aromatic N) is 1. The van der Waals surface area contributed by atoms with E-state index in [-0.39, 0.29) is 24.7 Å². The van der Waals surface area contributed by atoms with Crippen molar-refractivity contribution in [2.24, 2.45) is 5.41 Å². The number of hydrogen-bond donors (Lipinski definition) is 2. The van der Waals surface area contributed by atoms with E-state index in [9.17, 15) is 14.7 Å². The highest BCUT2D eigenvalue weighted by Gasteiger charge is 2.36. The van der Waals surface area contributed by atoms with Gasteiger partial charge in [0.05, 0.1) is 18.6 Å². The molecule has 1 amide bonds. The van der Waals surface area contributed by atoms with Crippen LogP contribution in [0.15, 0.2) is 59.1 Å². The minimum atomic E-state index is -1.10. The van der Waals surface area contributed by atoms with Gasteiger partial charge >= 0.3 is 5.97 Å². The van der Waals surface area contributed by atoms with E-state index in [0.717, 1.165) is 16.7 Å². The third-order valence-electron chi connectivity index (χ3n) is 5.92. The summed E-state index contributed by atoms with van der Waals surface area (Å²) in [5, 5.41) is 17.1. The molecule has 3 rings (SSSR count). The molecule has 0 saturated carbocycles. The van der Waals surface area contributed by atoms with Gasteiger partial charge in [-0.2, -0.15) is 0 Å². The Balaban J connectivity index is 1.82. The molecular formula is C26H29ClN2O6. The van der Waals surface area contributed by atoms with E-state index >= 15 is 0 Å². The molecule has 1 unspecified atom stereocenters. The number of carbonyl (C=O) groups excluding carboxylic acids is 1. The number of ether oxygens (including phenoxy) is 2. The number of aromatic nitrogens is 1. The molecule has 0 bridgehead atoms. The molecule has 1 aromatic heterocycles. The summed E-state index contributed by atoms with van der Waals surface area (Å²) in [6.45, 7) is 1.95. The molecule has 0 fully saturated rings. The van der Waals surface area contributed by atoms with Gasteiger partial charge in [-0.05, 0) is 60.2 Å². The number of methoxy groups -OCH3 is 2. The summed E-state index contributed by atoms with van der Waals surface area (Å²) in [5.74, 6) is -1.29. The quantitative estimate of drug-likeness (QED) is 0.365. The van der Waals surface area contributed by atoms with E-state index in [4.69, 9.17) is 25.6 Å². The van der Waals surface area contributed by atoms with Crippen LogP contribution in [-0.2, 0) is 16.0 Å². The Morgan fingerprint density at radius 3 is 2.49 bits per heavy atom. The summed E-state index contributed by atoms with van der Waals surface area (Å²) >= 11 is 6.11. The van der Waals surface area contributed by atoms with Crippen molar-refractivity contribution in [2.45, 2.75) is 32.2 Å². The van der Waals surface area contributed by atoms with Crippen LogP contribution >= 0.6 is 11.6 Å². The lowest BCUT2D eigenvalue weighted by atomic mass is 9.79. The molecule has 0 saturated heterocycles. The predicted molar refractivity (Wildman–Crippen MR) is 132 cm³/mol. The highest BCUT2D eigenvalue weighted by atomic mass is 35.5. The summed E-state index contributed by atoms with van der Waals surface area (Å²) in [5.41, 5.74) is 1.83. The maximum absolute atomic E-state index is 12.8. The number of benzene rings is 2. The Morgan fingerprint density at radius 2 is 1.89 bits per heavy atom. The maximum Gasteiger partial charge on any atom is 0.309 e. The number of rotatable bonds is 12. The molecule has 2 aromatic carbocycles. The third-order valence-corrected chi connectivity index (χ3v) is 6.16. The van der Waals surface area contributed by atoms with E-state index in [0.29, 0.717) is 17.9 Å². The first kappa shape index (κ1) is 26.2. The van der Waals surface area contributed by atoms with E-state index in [1.54, 1.807) is 6.92 Å². The van der Waals surface area contributed by atoms with Crippen molar-refractivity contribution >= 4 is 23.5 Å². The van der Waals surface area contributed by atoms with Crippen molar-refractivity contribution in [3.63, 3.8) is 0 Å². The summed E-state index contributed by atoms with van der Waals surface area (Å²) in [6, 6.07) is 16.3. The van der Waals surface area contributed by atoms with Crippen molar-refractivity contribution in [1.82, 2.24) is 10.5 Å². The minimum absolute atomic E-state index is 0.0166. The first-order chi connectivity index (χ1) is 16.7. The van der Waals surface area contributed by atoms with E-state index < -0.39 is 23.3 Å². The Morgan fingerprint density at radius 1 is 1.14 bits per heavy atom. The zero-order valence-electron chi connectivity index (χ0n) is 19.9. The average Bonchev–Trinajstić information content (AvgIpc) is 3.33. The number of carboxylic acids is 1. The van der Waals surface area contributed by atoms with Crippen LogP contribution in [0.1, 0.15) is 35.9 Å². The highest BCUT2D eigenvalue weighted by Crippen LogP contribution is 2.30. The number of carbonyl (C=O) groups is 2. The minimum Gasteiger partial charge on any atom is -0.481 e. The third kappa shape index (κ3) is 7.07. The number of amides is 1. The van der Waals surface area contributed by atoms with Crippen LogP contribution in [0.3, 0.4) is 0 Å². The van der Waals surface area contributed by atoms with Crippen molar-refractivity contribution in [1.29, 1.82) is 0 Å². The summed E-state index contributed by atoms with van der Waals surface area (Å²) in [4.78, 5) is 24.9. The molecule has 1 heterocycles. The van der Waals surface area contributed by atoms with Gasteiger partial charge in [0, 0.05) is 24.8 Å². The first-order valence-corrected chi connectivity index (χ1v) is 11.5. The van der Waals surface area contributed by atoms with Crippen LogP contribution in [0.5, 0.6) is 5.88 Å². The smallest absolute Gasteiger partial charge is 0.309 e. The SMILES string of the molecule is COCCC(C)(C[C@@H](Cc1ccc(-c2cccc(Cl)c2)cc1)NC(=O)c1cc(OC)no1)C(=O)O. The largest absolute Gasteiger partial charge is 0.481 e. The molecule has 186 valence electrons. The number of aliphatic carboxylic acids is 1. The van der Waals surface area contributed by atoms with Crippen molar-refractivity contribution in [3.8, 4) is 17.0 Å². The van der Waals surface area contributed by atoms with Crippen LogP contribution in [-0.4, -0.2) is 49.0 Å². The van der Waals surface area contributed by atoms with Crippen molar-refractivity contribution in [2.75, 3.05) is 20.8 Å². The topological polar surface area (TPSA) is 111 Å². The van der Waals surface area contributed by atoms with Gasteiger partial charge in [-0.25, -0.2) is 0 Å². The normalized spacial score (nSPS) is 13.6. The van der Waals surface area contributed by atoms with Crippen LogP contribution < -0.4 is 10.1 Å². The van der Waals surface area contributed by atoms with E-state index in [1.807, 2.05) is 48.5 Å². The summed E-state index contributed by atoms with van der Waals surface area (Å²) in [7, 11) is 2.95. The lowest BCUT2D eigenvalue weighted by Crippen LogP contribution is -2.43. The van der Waals surface area contributed by atoms with Gasteiger partial charge in [-0.15, -0.1) is 0 Å². The fraction of sp³-hybridized carbons (Fsp3) is 0.346. The molecule has 8 nitrogen and oxygen atoms in total. The van der Waals surface area contributed by atoms with Crippen molar-refractivity contribution in [3.05, 3.63) is 70.9 Å². The zero-order chi connectivity index (χ0) is 25.4. The molecule has 0 spiro atoms. The van der Waals surface area contributed by atoms with E-state index in [2.05, 4.69) is 10.5 Å². The van der Waals surface area contributed by atoms with Crippen molar-refractivity contribution < 1.29 is 28.7 Å². The second-order valence-electron chi connectivity index (χ2n) is 8.63. The highest BCUT2D eigenvalue weighted by molar-refractivity contribution is 6.30. The van der Waals surface area contributed by atoms with Crippen LogP contribution in [0.25, 0.3) is 11.1 Å². The molecule has 3 aromatic rings. The zero-order valence-corrected chi connectivity index (χ0v) is 20.7. The standard InChI is InChI=1S/C26H29ClN2O6/c1-26(25(31)32,11-12-33-2)16-21(28-24(30)22-15-23(34-3)29-35-22)13-17-7-9-18(10-8-17)19-5-4-6-20(27)14-19/h4-10,14-15,21H,11-13,16H2,1-3H3,(H,28,30)(H,31,32)/t21-,26?/m1/s1. The van der Waals surface area contributed by atoms with Gasteiger partial charge in [0.15, 0.2) is 0 Å². The van der Waals surface area contributed by atoms with Crippen LogP contribution in [0, 0.1) is 5.41 Å². The van der Waals surface area contributed by atoms with Gasteiger partial charge < -0.3 is 24.4 Å². The number of nitrogens with one attached hydrogen (secondary N) is 1. The van der Waals surface area contributed by atoms with Crippen LogP contribution in [0.4, 0.5) is 0 Å². The van der Waals surface area contributed by atoms with Gasteiger partial charge in [0.1, 0.15) is 0 Å². The molecule has 0 aliphatic carbocycles. The van der Waals surface area contributed by atoms with Gasteiger partial charge in [0.25, 0.3) is 11.8 Å². The molecule has 0 aliphatic rings. The van der Waals surface area contributed by atoms with Gasteiger partial charge in [0.2, 0.25) is 5.76 Å². The van der Waals surface area contributed by atoms with Crippen LogP contribution in [0.2, 0.25) is 5.02 Å². The number of carboxylic acid groups (broad SMARTS) is 1. The fourth-order valence-electron chi connectivity index (χ4n) is 3.85. The average molecular weight is 501 g/mol. The second kappa shape index (κ2) is 11.9. The maximum atomic E-state index is 12.8. The number of halogens is 1. The molecule has 2 N–H and O–H groups in total. The first-order valence-electron chi connectivity index (χ1n) is 11.1. The summed E-state index contributed by atoms with van der Waals surface area (Å²) in [6.07, 6.45) is 0.913. The van der Waals surface area contributed by atoms with Gasteiger partial charge in [-0.1, -0.05) is 48.0 Å². The molecule has 9 heteroatoms. The molecule has 35 heavy (non-hydrogen) atoms. The predicted octanol–water partition coefficient (Wildman–Crippen LogP) is 4.86. The molecule has 0 aliphatic heterocycles.